The summed E-state index contributed by atoms with van der Waals surface area (Å²) in [5.41, 5.74) is 1.61. The average molecular weight is 329 g/mol. The molecule has 2 aromatic carbocycles. The van der Waals surface area contributed by atoms with E-state index in [1.54, 1.807) is 12.1 Å². The molecule has 0 saturated carbocycles. The van der Waals surface area contributed by atoms with E-state index in [2.05, 4.69) is 0 Å². The molecular formula is C15H14ClFO3S. The minimum Gasteiger partial charge on any atom is -0.379 e. The van der Waals surface area contributed by atoms with Crippen LogP contribution < -0.4 is 4.18 Å². The zero-order valence-corrected chi connectivity index (χ0v) is 13.1. The van der Waals surface area contributed by atoms with Gasteiger partial charge in [-0.1, -0.05) is 36.2 Å². The van der Waals surface area contributed by atoms with E-state index in [4.69, 9.17) is 15.8 Å². The van der Waals surface area contributed by atoms with Crippen molar-refractivity contribution in [2.45, 2.75) is 25.2 Å². The molecule has 0 unspecified atom stereocenters. The van der Waals surface area contributed by atoms with Crippen LogP contribution in [0.15, 0.2) is 41.3 Å². The molecule has 0 heterocycles. The van der Waals surface area contributed by atoms with Gasteiger partial charge in [-0.25, -0.2) is 4.39 Å². The summed E-state index contributed by atoms with van der Waals surface area (Å²) in [6, 6.07) is 8.27. The predicted molar refractivity (Wildman–Crippen MR) is 79.8 cm³/mol. The lowest BCUT2D eigenvalue weighted by molar-refractivity contribution is 0.482. The first-order chi connectivity index (χ1) is 9.81. The van der Waals surface area contributed by atoms with Crippen LogP contribution in [0, 0.1) is 12.7 Å². The predicted octanol–water partition coefficient (Wildman–Crippen LogP) is 4.12. The Hall–Kier alpha value is -1.59. The fraction of sp³-hybridized carbons (Fsp3) is 0.200. The smallest absolute Gasteiger partial charge is 0.339 e. The Labute approximate surface area is 128 Å². The number of benzene rings is 2. The minimum absolute atomic E-state index is 0.0693. The summed E-state index contributed by atoms with van der Waals surface area (Å²) in [6.45, 7) is 3.73. The van der Waals surface area contributed by atoms with Gasteiger partial charge >= 0.3 is 10.1 Å². The highest BCUT2D eigenvalue weighted by Gasteiger charge is 2.20. The first kappa shape index (κ1) is 15.8. The van der Waals surface area contributed by atoms with Crippen LogP contribution in [0.2, 0.25) is 5.02 Å². The molecule has 6 heteroatoms. The van der Waals surface area contributed by atoms with Crippen molar-refractivity contribution in [3.05, 3.63) is 58.4 Å². The lowest BCUT2D eigenvalue weighted by atomic mass is 10.1. The molecular weight excluding hydrogens is 315 g/mol. The maximum absolute atomic E-state index is 13.2. The second kappa shape index (κ2) is 6.03. The van der Waals surface area contributed by atoms with Crippen molar-refractivity contribution in [1.29, 1.82) is 0 Å². The van der Waals surface area contributed by atoms with Gasteiger partial charge in [-0.15, -0.1) is 0 Å². The highest BCUT2D eigenvalue weighted by atomic mass is 35.5. The number of halogens is 2. The van der Waals surface area contributed by atoms with Crippen molar-refractivity contribution in [1.82, 2.24) is 0 Å². The molecule has 0 aliphatic heterocycles. The van der Waals surface area contributed by atoms with Crippen LogP contribution in [-0.2, 0) is 16.5 Å². The van der Waals surface area contributed by atoms with Gasteiger partial charge in [0.2, 0.25) is 0 Å². The minimum atomic E-state index is -4.03. The number of hydrogen-bond donors (Lipinski definition) is 0. The summed E-state index contributed by atoms with van der Waals surface area (Å²) in [4.78, 5) is 0.0796. The van der Waals surface area contributed by atoms with E-state index in [0.29, 0.717) is 12.0 Å². The average Bonchev–Trinajstić information content (AvgIpc) is 2.36. The van der Waals surface area contributed by atoms with Crippen molar-refractivity contribution in [2.75, 3.05) is 0 Å². The molecule has 0 radical (unpaired) electrons. The van der Waals surface area contributed by atoms with E-state index >= 15 is 0 Å². The second-order valence-corrected chi connectivity index (χ2v) is 6.56. The normalized spacial score (nSPS) is 11.4. The van der Waals surface area contributed by atoms with Gasteiger partial charge in [-0.05, 0) is 31.0 Å². The van der Waals surface area contributed by atoms with Crippen molar-refractivity contribution in [2.24, 2.45) is 0 Å². The Morgan fingerprint density at radius 2 is 1.90 bits per heavy atom. The van der Waals surface area contributed by atoms with Crippen LogP contribution in [0.4, 0.5) is 4.39 Å². The van der Waals surface area contributed by atoms with Crippen molar-refractivity contribution >= 4 is 21.7 Å². The van der Waals surface area contributed by atoms with Gasteiger partial charge in [0, 0.05) is 17.2 Å². The standard InChI is InChI=1S/C15H14ClFO3S/c1-3-11-6-10(2)4-5-15(11)21(18,19)20-14-8-12(16)7-13(17)9-14/h4-9H,3H2,1-2H3. The quantitative estimate of drug-likeness (QED) is 0.793. The summed E-state index contributed by atoms with van der Waals surface area (Å²) >= 11 is 5.69. The summed E-state index contributed by atoms with van der Waals surface area (Å²) in [7, 11) is -4.03. The molecule has 112 valence electrons. The van der Waals surface area contributed by atoms with Crippen LogP contribution >= 0.6 is 11.6 Å². The van der Waals surface area contributed by atoms with E-state index in [9.17, 15) is 12.8 Å². The fourth-order valence-corrected chi connectivity index (χ4v) is 3.39. The first-order valence-corrected chi connectivity index (χ1v) is 8.10. The van der Waals surface area contributed by atoms with E-state index in [0.717, 1.165) is 17.7 Å². The molecule has 2 rings (SSSR count). The molecule has 0 N–H and O–H groups in total. The van der Waals surface area contributed by atoms with E-state index in [1.165, 1.54) is 12.1 Å². The van der Waals surface area contributed by atoms with Crippen LogP contribution in [0.25, 0.3) is 0 Å². The summed E-state index contributed by atoms with van der Waals surface area (Å²) in [5.74, 6) is -0.810. The van der Waals surface area contributed by atoms with Crippen molar-refractivity contribution < 1.29 is 17.0 Å². The lowest BCUT2D eigenvalue weighted by Crippen LogP contribution is -2.12. The number of hydrogen-bond acceptors (Lipinski definition) is 3. The highest BCUT2D eigenvalue weighted by molar-refractivity contribution is 7.87. The highest BCUT2D eigenvalue weighted by Crippen LogP contribution is 2.26. The second-order valence-electron chi connectivity index (χ2n) is 4.61. The molecule has 0 aliphatic rings. The molecule has 21 heavy (non-hydrogen) atoms. The van der Waals surface area contributed by atoms with Crippen molar-refractivity contribution in [3.63, 3.8) is 0 Å². The van der Waals surface area contributed by atoms with Crippen molar-refractivity contribution in [3.8, 4) is 5.75 Å². The Kier molecular flexibility index (Phi) is 4.54. The molecule has 0 fully saturated rings. The summed E-state index contributed by atoms with van der Waals surface area (Å²) in [6.07, 6.45) is 0.545. The monoisotopic (exact) mass is 328 g/mol. The lowest BCUT2D eigenvalue weighted by Gasteiger charge is -2.11. The number of rotatable bonds is 4. The third-order valence-corrected chi connectivity index (χ3v) is 4.48. The maximum atomic E-state index is 13.2. The van der Waals surface area contributed by atoms with E-state index < -0.39 is 15.9 Å². The van der Waals surface area contributed by atoms with Gasteiger partial charge in [-0.3, -0.25) is 0 Å². The van der Waals surface area contributed by atoms with Gasteiger partial charge in [0.25, 0.3) is 0 Å². The van der Waals surface area contributed by atoms with Crippen LogP contribution in [0.3, 0.4) is 0 Å². The Bertz CT molecular complexity index is 752. The van der Waals surface area contributed by atoms with E-state index in [-0.39, 0.29) is 15.7 Å². The molecule has 0 aromatic heterocycles. The van der Waals surface area contributed by atoms with Crippen LogP contribution in [-0.4, -0.2) is 8.42 Å². The topological polar surface area (TPSA) is 43.4 Å². The fourth-order valence-electron chi connectivity index (χ4n) is 1.98. The third-order valence-electron chi connectivity index (χ3n) is 2.91. The molecule has 0 spiro atoms. The molecule has 0 amide bonds. The van der Waals surface area contributed by atoms with Gasteiger partial charge in [0.05, 0.1) is 0 Å². The molecule has 0 atom stereocenters. The summed E-state index contributed by atoms with van der Waals surface area (Å²) in [5, 5.41) is 0.0693. The molecule has 0 bridgehead atoms. The van der Waals surface area contributed by atoms with Gasteiger partial charge in [-0.2, -0.15) is 8.42 Å². The molecule has 3 nitrogen and oxygen atoms in total. The zero-order chi connectivity index (χ0) is 15.6. The van der Waals surface area contributed by atoms with Gasteiger partial charge < -0.3 is 4.18 Å². The first-order valence-electron chi connectivity index (χ1n) is 6.32. The number of aryl methyl sites for hydroxylation is 2. The Morgan fingerprint density at radius 3 is 2.52 bits per heavy atom. The summed E-state index contributed by atoms with van der Waals surface area (Å²) < 4.78 is 42.9. The largest absolute Gasteiger partial charge is 0.379 e. The molecule has 2 aromatic rings. The maximum Gasteiger partial charge on any atom is 0.339 e. The SMILES string of the molecule is CCc1cc(C)ccc1S(=O)(=O)Oc1cc(F)cc(Cl)c1. The van der Waals surface area contributed by atoms with Crippen LogP contribution in [0.5, 0.6) is 5.75 Å². The molecule has 0 aliphatic carbocycles. The molecule has 0 saturated heterocycles. The zero-order valence-electron chi connectivity index (χ0n) is 11.6. The third kappa shape index (κ3) is 3.74. The Morgan fingerprint density at radius 1 is 1.19 bits per heavy atom. The van der Waals surface area contributed by atoms with Gasteiger partial charge in [0.15, 0.2) is 0 Å². The van der Waals surface area contributed by atoms with Crippen LogP contribution in [0.1, 0.15) is 18.1 Å². The van der Waals surface area contributed by atoms with Gasteiger partial charge in [0.1, 0.15) is 16.5 Å². The Balaban J connectivity index is 2.43. The van der Waals surface area contributed by atoms with E-state index in [1.807, 2.05) is 13.8 Å².